The van der Waals surface area contributed by atoms with Crippen molar-refractivity contribution in [3.8, 4) is 0 Å². The first-order valence-electron chi connectivity index (χ1n) is 6.77. The van der Waals surface area contributed by atoms with Crippen LogP contribution in [0.1, 0.15) is 12.8 Å². The van der Waals surface area contributed by atoms with Gasteiger partial charge in [0, 0.05) is 32.4 Å². The van der Waals surface area contributed by atoms with Gasteiger partial charge < -0.3 is 10.1 Å². The average molecular weight is 302 g/mol. The highest BCUT2D eigenvalue weighted by Crippen LogP contribution is 2.31. The summed E-state index contributed by atoms with van der Waals surface area (Å²) >= 11 is 0. The summed E-state index contributed by atoms with van der Waals surface area (Å²) in [5.74, 6) is 0. The molecule has 1 fully saturated rings. The molecular formula is C12H22N4O3S. The Morgan fingerprint density at radius 2 is 2.30 bits per heavy atom. The molecule has 0 spiro atoms. The maximum atomic E-state index is 12.6. The first-order valence-corrected chi connectivity index (χ1v) is 8.21. The molecule has 20 heavy (non-hydrogen) atoms. The number of methoxy groups -OCH3 is 1. The third-order valence-electron chi connectivity index (χ3n) is 3.28. The fourth-order valence-corrected chi connectivity index (χ4v) is 3.63. The van der Waals surface area contributed by atoms with Crippen LogP contribution in [0.5, 0.6) is 0 Å². The van der Waals surface area contributed by atoms with E-state index in [-0.39, 0.29) is 10.9 Å². The Hall–Kier alpha value is -0.960. The zero-order valence-electron chi connectivity index (χ0n) is 11.9. The molecule has 0 saturated heterocycles. The highest BCUT2D eigenvalue weighted by atomic mass is 32.2. The zero-order chi connectivity index (χ0) is 14.6. The molecule has 1 N–H and O–H groups in total. The summed E-state index contributed by atoms with van der Waals surface area (Å²) < 4.78 is 33.4. The van der Waals surface area contributed by atoms with Gasteiger partial charge in [0.05, 0.1) is 19.3 Å². The van der Waals surface area contributed by atoms with Crippen LogP contribution >= 0.6 is 0 Å². The minimum atomic E-state index is -3.46. The van der Waals surface area contributed by atoms with Crippen LogP contribution in [-0.4, -0.2) is 62.4 Å². The van der Waals surface area contributed by atoms with Crippen LogP contribution in [-0.2, 0) is 21.3 Å². The molecule has 1 aromatic heterocycles. The lowest BCUT2D eigenvalue weighted by molar-refractivity contribution is 0.177. The first-order chi connectivity index (χ1) is 9.59. The molecule has 1 heterocycles. The van der Waals surface area contributed by atoms with Crippen molar-refractivity contribution in [2.75, 3.05) is 33.9 Å². The number of likely N-dealkylation sites (N-methyl/N-ethyl adjacent to an activating group) is 1. The zero-order valence-corrected chi connectivity index (χ0v) is 12.8. The number of hydrogen-bond donors (Lipinski definition) is 1. The summed E-state index contributed by atoms with van der Waals surface area (Å²) in [4.78, 5) is 0.261. The maximum Gasteiger partial charge on any atom is 0.246 e. The molecule has 0 bridgehead atoms. The Morgan fingerprint density at radius 3 is 2.90 bits per heavy atom. The summed E-state index contributed by atoms with van der Waals surface area (Å²) in [7, 11) is -0.0399. The van der Waals surface area contributed by atoms with Crippen molar-refractivity contribution in [1.82, 2.24) is 19.4 Å². The van der Waals surface area contributed by atoms with Crippen LogP contribution in [0.15, 0.2) is 17.3 Å². The third-order valence-corrected chi connectivity index (χ3v) is 5.18. The highest BCUT2D eigenvalue weighted by Gasteiger charge is 2.38. The molecule has 0 unspecified atom stereocenters. The van der Waals surface area contributed by atoms with Crippen LogP contribution in [0.3, 0.4) is 0 Å². The normalized spacial score (nSPS) is 15.9. The predicted octanol–water partition coefficient (Wildman–Crippen LogP) is -0.0980. The molecule has 0 amide bonds. The summed E-state index contributed by atoms with van der Waals surface area (Å²) in [5, 5.41) is 7.11. The van der Waals surface area contributed by atoms with Gasteiger partial charge in [0.25, 0.3) is 0 Å². The van der Waals surface area contributed by atoms with Crippen molar-refractivity contribution in [1.29, 1.82) is 0 Å². The molecule has 1 saturated carbocycles. The number of sulfonamides is 1. The highest BCUT2D eigenvalue weighted by molar-refractivity contribution is 7.89. The van der Waals surface area contributed by atoms with E-state index in [0.29, 0.717) is 19.7 Å². The third kappa shape index (κ3) is 3.57. The topological polar surface area (TPSA) is 76.5 Å². The fourth-order valence-electron chi connectivity index (χ4n) is 2.00. The Labute approximate surface area is 120 Å². The summed E-state index contributed by atoms with van der Waals surface area (Å²) in [6.07, 6.45) is 4.87. The standard InChI is InChI=1S/C12H22N4O3S/c1-13-5-6-15-10-12(9-14-15)20(17,18)16(7-8-19-2)11-3-4-11/h9-11,13H,3-8H2,1-2H3. The van der Waals surface area contributed by atoms with Gasteiger partial charge in [-0.15, -0.1) is 0 Å². The first kappa shape index (κ1) is 15.4. The quantitative estimate of drug-likeness (QED) is 0.689. The van der Waals surface area contributed by atoms with E-state index in [1.165, 1.54) is 10.5 Å². The minimum Gasteiger partial charge on any atom is -0.383 e. The van der Waals surface area contributed by atoms with Crippen LogP contribution in [0.2, 0.25) is 0 Å². The van der Waals surface area contributed by atoms with Crippen LogP contribution < -0.4 is 5.32 Å². The van der Waals surface area contributed by atoms with Crippen molar-refractivity contribution < 1.29 is 13.2 Å². The van der Waals surface area contributed by atoms with E-state index < -0.39 is 10.0 Å². The Balaban J connectivity index is 2.12. The molecule has 0 radical (unpaired) electrons. The van der Waals surface area contributed by atoms with Crippen molar-refractivity contribution in [3.05, 3.63) is 12.4 Å². The number of nitrogens with zero attached hydrogens (tertiary/aromatic N) is 3. The summed E-state index contributed by atoms with van der Waals surface area (Å²) in [5.41, 5.74) is 0. The van der Waals surface area contributed by atoms with Gasteiger partial charge >= 0.3 is 0 Å². The lowest BCUT2D eigenvalue weighted by Gasteiger charge is -2.20. The largest absolute Gasteiger partial charge is 0.383 e. The fraction of sp³-hybridized carbons (Fsp3) is 0.750. The molecule has 0 atom stereocenters. The smallest absolute Gasteiger partial charge is 0.246 e. The van der Waals surface area contributed by atoms with Gasteiger partial charge in [0.2, 0.25) is 10.0 Å². The summed E-state index contributed by atoms with van der Waals surface area (Å²) in [6, 6.07) is 0.121. The Morgan fingerprint density at radius 1 is 1.55 bits per heavy atom. The van der Waals surface area contributed by atoms with Crippen LogP contribution in [0, 0.1) is 0 Å². The minimum absolute atomic E-state index is 0.121. The number of nitrogens with one attached hydrogen (secondary N) is 1. The van der Waals surface area contributed by atoms with Crippen LogP contribution in [0.25, 0.3) is 0 Å². The molecule has 8 heteroatoms. The second kappa shape index (κ2) is 6.66. The second-order valence-electron chi connectivity index (χ2n) is 4.88. The van der Waals surface area contributed by atoms with Gasteiger partial charge in [-0.25, -0.2) is 8.42 Å². The van der Waals surface area contributed by atoms with Gasteiger partial charge in [-0.1, -0.05) is 0 Å². The van der Waals surface area contributed by atoms with Crippen LogP contribution in [0.4, 0.5) is 0 Å². The van der Waals surface area contributed by atoms with Crippen molar-refractivity contribution in [2.45, 2.75) is 30.3 Å². The number of ether oxygens (including phenoxy) is 1. The van der Waals surface area contributed by atoms with E-state index in [1.807, 2.05) is 7.05 Å². The van der Waals surface area contributed by atoms with Crippen molar-refractivity contribution in [3.63, 3.8) is 0 Å². The molecule has 2 rings (SSSR count). The van der Waals surface area contributed by atoms with Gasteiger partial charge in [-0.3, -0.25) is 4.68 Å². The maximum absolute atomic E-state index is 12.6. The average Bonchev–Trinajstić information content (AvgIpc) is 3.13. The van der Waals surface area contributed by atoms with Gasteiger partial charge in [-0.05, 0) is 19.9 Å². The SMILES string of the molecule is CNCCn1cc(S(=O)(=O)N(CCOC)C2CC2)cn1. The lowest BCUT2D eigenvalue weighted by atomic mass is 10.6. The summed E-state index contributed by atoms with van der Waals surface area (Å²) in [6.45, 7) is 2.19. The predicted molar refractivity (Wildman–Crippen MR) is 74.9 cm³/mol. The van der Waals surface area contributed by atoms with Gasteiger partial charge in [0.15, 0.2) is 0 Å². The molecule has 114 valence electrons. The molecule has 1 aliphatic rings. The number of rotatable bonds is 9. The van der Waals surface area contributed by atoms with E-state index >= 15 is 0 Å². The van der Waals surface area contributed by atoms with E-state index in [9.17, 15) is 8.42 Å². The monoisotopic (exact) mass is 302 g/mol. The molecular weight excluding hydrogens is 280 g/mol. The molecule has 0 aromatic carbocycles. The molecule has 1 aromatic rings. The molecule has 1 aliphatic carbocycles. The molecule has 7 nitrogen and oxygen atoms in total. The molecule has 0 aliphatic heterocycles. The number of hydrogen-bond acceptors (Lipinski definition) is 5. The Kier molecular flexibility index (Phi) is 5.14. The van der Waals surface area contributed by atoms with E-state index in [1.54, 1.807) is 18.0 Å². The van der Waals surface area contributed by atoms with E-state index in [2.05, 4.69) is 10.4 Å². The second-order valence-corrected chi connectivity index (χ2v) is 6.77. The van der Waals surface area contributed by atoms with E-state index in [0.717, 1.165) is 19.4 Å². The Bertz CT molecular complexity index is 525. The lowest BCUT2D eigenvalue weighted by Crippen LogP contribution is -2.35. The van der Waals surface area contributed by atoms with Gasteiger partial charge in [-0.2, -0.15) is 9.40 Å². The number of aromatic nitrogens is 2. The van der Waals surface area contributed by atoms with Crippen molar-refractivity contribution in [2.24, 2.45) is 0 Å². The van der Waals surface area contributed by atoms with Crippen molar-refractivity contribution >= 4 is 10.0 Å². The van der Waals surface area contributed by atoms with E-state index in [4.69, 9.17) is 4.74 Å². The van der Waals surface area contributed by atoms with Gasteiger partial charge in [0.1, 0.15) is 4.90 Å².